The summed E-state index contributed by atoms with van der Waals surface area (Å²) >= 11 is 0. The van der Waals surface area contributed by atoms with Gasteiger partial charge in [0.2, 0.25) is 0 Å². The molecule has 0 heterocycles. The second kappa shape index (κ2) is 6.86. The fourth-order valence-corrected chi connectivity index (χ4v) is 2.57. The maximum atomic E-state index is 12.5. The van der Waals surface area contributed by atoms with E-state index >= 15 is 0 Å². The molecule has 1 saturated carbocycles. The molecule has 0 radical (unpaired) electrons. The summed E-state index contributed by atoms with van der Waals surface area (Å²) in [5.74, 6) is -3.41. The summed E-state index contributed by atoms with van der Waals surface area (Å²) in [6.07, 6.45) is 0.529. The normalized spacial score (nSPS) is 24.9. The van der Waals surface area contributed by atoms with Crippen LogP contribution in [0.4, 0.5) is 22.0 Å². The van der Waals surface area contributed by atoms with E-state index in [4.69, 9.17) is 0 Å². The highest BCUT2D eigenvalue weighted by atomic mass is 19.4. The lowest BCUT2D eigenvalue weighted by molar-refractivity contribution is -0.296. The van der Waals surface area contributed by atoms with E-state index in [1.165, 1.54) is 6.42 Å². The van der Waals surface area contributed by atoms with Crippen molar-refractivity contribution >= 4 is 0 Å². The number of hydrogen-bond acceptors (Lipinski definition) is 1. The summed E-state index contributed by atoms with van der Waals surface area (Å²) in [6.45, 7) is 0.549. The Labute approximate surface area is 110 Å². The third kappa shape index (κ3) is 5.24. The Kier molecular flexibility index (Phi) is 6.02. The molecule has 0 aromatic carbocycles. The van der Waals surface area contributed by atoms with E-state index in [2.05, 4.69) is 11.7 Å². The molecular weight excluding hydrogens is 267 g/mol. The van der Waals surface area contributed by atoms with Crippen molar-refractivity contribution in [3.63, 3.8) is 0 Å². The second-order valence-corrected chi connectivity index (χ2v) is 5.35. The van der Waals surface area contributed by atoms with Crippen LogP contribution in [-0.4, -0.2) is 25.3 Å². The molecule has 0 aromatic rings. The van der Waals surface area contributed by atoms with Crippen molar-refractivity contribution in [1.82, 2.24) is 0 Å². The van der Waals surface area contributed by atoms with Gasteiger partial charge < -0.3 is 4.74 Å². The van der Waals surface area contributed by atoms with Crippen molar-refractivity contribution in [2.75, 3.05) is 13.2 Å². The molecule has 114 valence electrons. The van der Waals surface area contributed by atoms with E-state index in [1.807, 2.05) is 0 Å². The third-order valence-electron chi connectivity index (χ3n) is 3.83. The van der Waals surface area contributed by atoms with Crippen molar-refractivity contribution in [2.45, 2.75) is 57.5 Å². The molecule has 0 aromatic heterocycles. The zero-order valence-corrected chi connectivity index (χ0v) is 11.1. The minimum atomic E-state index is -5.52. The van der Waals surface area contributed by atoms with Gasteiger partial charge in [0.25, 0.3) is 0 Å². The van der Waals surface area contributed by atoms with Crippen LogP contribution in [0.5, 0.6) is 0 Å². The molecule has 6 heteroatoms. The highest BCUT2D eigenvalue weighted by molar-refractivity contribution is 4.76. The molecule has 19 heavy (non-hydrogen) atoms. The molecule has 0 bridgehead atoms. The van der Waals surface area contributed by atoms with Crippen LogP contribution in [-0.2, 0) is 4.74 Å². The molecule has 2 atom stereocenters. The van der Waals surface area contributed by atoms with Gasteiger partial charge in [-0.3, -0.25) is 0 Å². The van der Waals surface area contributed by atoms with Gasteiger partial charge in [-0.05, 0) is 31.1 Å². The Morgan fingerprint density at radius 3 is 2.21 bits per heavy atom. The SMILES string of the molecule is CCC1CCC(CCCOCC(F)(F)C(F)(F)F)C1. The Bertz CT molecular complexity index is 264. The first-order chi connectivity index (χ1) is 8.76. The molecule has 2 unspecified atom stereocenters. The highest BCUT2D eigenvalue weighted by Crippen LogP contribution is 2.36. The average Bonchev–Trinajstić information content (AvgIpc) is 2.75. The second-order valence-electron chi connectivity index (χ2n) is 5.35. The Morgan fingerprint density at radius 2 is 1.68 bits per heavy atom. The number of ether oxygens (including phenoxy) is 1. The van der Waals surface area contributed by atoms with Crippen LogP contribution in [0.15, 0.2) is 0 Å². The van der Waals surface area contributed by atoms with Crippen LogP contribution in [0.3, 0.4) is 0 Å². The molecule has 1 fully saturated rings. The zero-order valence-electron chi connectivity index (χ0n) is 11.1. The standard InChI is InChI=1S/C13H21F5O/c1-2-10-5-6-11(8-10)4-3-7-19-9-12(14,15)13(16,17)18/h10-11H,2-9H2,1H3. The van der Waals surface area contributed by atoms with Gasteiger partial charge in [0.15, 0.2) is 0 Å². The third-order valence-corrected chi connectivity index (χ3v) is 3.83. The van der Waals surface area contributed by atoms with E-state index in [-0.39, 0.29) is 6.61 Å². The fourth-order valence-electron chi connectivity index (χ4n) is 2.57. The number of halogens is 5. The van der Waals surface area contributed by atoms with Crippen molar-refractivity contribution in [3.8, 4) is 0 Å². The van der Waals surface area contributed by atoms with Crippen molar-refractivity contribution in [3.05, 3.63) is 0 Å². The van der Waals surface area contributed by atoms with E-state index in [0.29, 0.717) is 12.3 Å². The molecule has 1 nitrogen and oxygen atoms in total. The molecule has 0 aliphatic heterocycles. The minimum Gasteiger partial charge on any atom is -0.375 e. The predicted molar refractivity (Wildman–Crippen MR) is 62.2 cm³/mol. The summed E-state index contributed by atoms with van der Waals surface area (Å²) in [5, 5.41) is 0. The molecular formula is C13H21F5O. The lowest BCUT2D eigenvalue weighted by Crippen LogP contribution is -2.40. The van der Waals surface area contributed by atoms with Gasteiger partial charge >= 0.3 is 12.1 Å². The molecule has 0 saturated heterocycles. The maximum Gasteiger partial charge on any atom is 0.455 e. The predicted octanol–water partition coefficient (Wildman–Crippen LogP) is 4.81. The van der Waals surface area contributed by atoms with Crippen LogP contribution in [0, 0.1) is 11.8 Å². The lowest BCUT2D eigenvalue weighted by Gasteiger charge is -2.19. The van der Waals surface area contributed by atoms with Gasteiger partial charge in [0.05, 0.1) is 0 Å². The monoisotopic (exact) mass is 288 g/mol. The lowest BCUT2D eigenvalue weighted by atomic mass is 9.99. The Morgan fingerprint density at radius 1 is 1.05 bits per heavy atom. The highest BCUT2D eigenvalue weighted by Gasteiger charge is 2.57. The van der Waals surface area contributed by atoms with Crippen LogP contribution in [0.2, 0.25) is 0 Å². The van der Waals surface area contributed by atoms with Crippen molar-refractivity contribution in [1.29, 1.82) is 0 Å². The quantitative estimate of drug-likeness (QED) is 0.482. The topological polar surface area (TPSA) is 9.23 Å². The first-order valence-corrected chi connectivity index (χ1v) is 6.78. The van der Waals surface area contributed by atoms with Gasteiger partial charge in [0, 0.05) is 6.61 Å². The summed E-state index contributed by atoms with van der Waals surface area (Å²) in [7, 11) is 0. The van der Waals surface area contributed by atoms with Crippen LogP contribution in [0.1, 0.15) is 45.4 Å². The Hall–Kier alpha value is -0.390. The van der Waals surface area contributed by atoms with Gasteiger partial charge in [-0.2, -0.15) is 22.0 Å². The van der Waals surface area contributed by atoms with Crippen LogP contribution >= 0.6 is 0 Å². The fraction of sp³-hybridized carbons (Fsp3) is 1.00. The number of rotatable bonds is 7. The van der Waals surface area contributed by atoms with Gasteiger partial charge in [0.1, 0.15) is 6.61 Å². The summed E-state index contributed by atoms with van der Waals surface area (Å²) in [5.41, 5.74) is 0. The Balaban J connectivity index is 2.09. The van der Waals surface area contributed by atoms with Crippen LogP contribution < -0.4 is 0 Å². The van der Waals surface area contributed by atoms with E-state index < -0.39 is 18.7 Å². The van der Waals surface area contributed by atoms with Crippen LogP contribution in [0.25, 0.3) is 0 Å². The van der Waals surface area contributed by atoms with E-state index in [9.17, 15) is 22.0 Å². The van der Waals surface area contributed by atoms with E-state index in [0.717, 1.165) is 31.6 Å². The molecule has 0 spiro atoms. The molecule has 0 N–H and O–H groups in total. The van der Waals surface area contributed by atoms with Crippen molar-refractivity contribution < 1.29 is 26.7 Å². The summed E-state index contributed by atoms with van der Waals surface area (Å²) < 4.78 is 65.0. The minimum absolute atomic E-state index is 0.0288. The first kappa shape index (κ1) is 16.7. The summed E-state index contributed by atoms with van der Waals surface area (Å²) in [4.78, 5) is 0. The zero-order chi connectivity index (χ0) is 14.5. The first-order valence-electron chi connectivity index (χ1n) is 6.78. The van der Waals surface area contributed by atoms with Gasteiger partial charge in [-0.1, -0.05) is 26.2 Å². The van der Waals surface area contributed by atoms with E-state index in [1.54, 1.807) is 0 Å². The van der Waals surface area contributed by atoms with Gasteiger partial charge in [-0.25, -0.2) is 0 Å². The van der Waals surface area contributed by atoms with Crippen molar-refractivity contribution in [2.24, 2.45) is 11.8 Å². The number of hydrogen-bond donors (Lipinski definition) is 0. The number of alkyl halides is 5. The smallest absolute Gasteiger partial charge is 0.375 e. The molecule has 1 aliphatic carbocycles. The van der Waals surface area contributed by atoms with Gasteiger partial charge in [-0.15, -0.1) is 0 Å². The summed E-state index contributed by atoms with van der Waals surface area (Å²) in [6, 6.07) is 0. The molecule has 1 aliphatic rings. The maximum absolute atomic E-state index is 12.5. The average molecular weight is 288 g/mol. The molecule has 1 rings (SSSR count). The largest absolute Gasteiger partial charge is 0.455 e. The molecule has 0 amide bonds.